The van der Waals surface area contributed by atoms with Crippen molar-refractivity contribution in [3.8, 4) is 0 Å². The molecule has 4 heteroatoms. The molecule has 3 nitrogen and oxygen atoms in total. The first kappa shape index (κ1) is 12.8. The van der Waals surface area contributed by atoms with Crippen molar-refractivity contribution in [3.05, 3.63) is 0 Å². The van der Waals surface area contributed by atoms with Crippen LogP contribution in [-0.2, 0) is 9.53 Å². The summed E-state index contributed by atoms with van der Waals surface area (Å²) in [7, 11) is 0. The second-order valence-electron chi connectivity index (χ2n) is 2.80. The van der Waals surface area contributed by atoms with Crippen LogP contribution in [0.1, 0.15) is 26.2 Å². The van der Waals surface area contributed by atoms with Gasteiger partial charge in [-0.3, -0.25) is 4.79 Å². The summed E-state index contributed by atoms with van der Waals surface area (Å²) in [6.07, 6.45) is 3.24. The Hall–Kier alpha value is -0.220. The summed E-state index contributed by atoms with van der Waals surface area (Å²) >= 11 is 1.75. The van der Waals surface area contributed by atoms with Gasteiger partial charge in [-0.2, -0.15) is 11.8 Å². The molecule has 1 unspecified atom stereocenters. The fourth-order valence-electron chi connectivity index (χ4n) is 0.978. The van der Waals surface area contributed by atoms with Crippen LogP contribution in [0.25, 0.3) is 0 Å². The average molecular weight is 206 g/mol. The Kier molecular flexibility index (Phi) is 8.24. The number of thioether (sulfide) groups is 1. The van der Waals surface area contributed by atoms with E-state index < -0.39 is 6.10 Å². The minimum Gasteiger partial charge on any atom is -0.466 e. The Labute approximate surface area is 83.9 Å². The molecule has 78 valence electrons. The summed E-state index contributed by atoms with van der Waals surface area (Å²) in [4.78, 5) is 10.9. The van der Waals surface area contributed by atoms with Crippen LogP contribution in [0.2, 0.25) is 0 Å². The lowest BCUT2D eigenvalue weighted by Crippen LogP contribution is -2.15. The molecule has 0 aliphatic carbocycles. The van der Waals surface area contributed by atoms with E-state index in [0.717, 1.165) is 12.2 Å². The van der Waals surface area contributed by atoms with Gasteiger partial charge in [0.25, 0.3) is 0 Å². The number of hydrogen-bond donors (Lipinski definition) is 1. The van der Waals surface area contributed by atoms with Crippen LogP contribution in [0.4, 0.5) is 0 Å². The van der Waals surface area contributed by atoms with Gasteiger partial charge in [-0.05, 0) is 31.8 Å². The first-order valence-corrected chi connectivity index (χ1v) is 5.92. The molecule has 0 aromatic carbocycles. The van der Waals surface area contributed by atoms with Crippen LogP contribution >= 0.6 is 11.8 Å². The average Bonchev–Trinajstić information content (AvgIpc) is 2.05. The summed E-state index contributed by atoms with van der Waals surface area (Å²) in [6.45, 7) is 2.15. The Morgan fingerprint density at radius 3 is 2.85 bits per heavy atom. The van der Waals surface area contributed by atoms with E-state index in [-0.39, 0.29) is 12.4 Å². The Morgan fingerprint density at radius 2 is 2.31 bits per heavy atom. The SMILES string of the molecule is CCOC(=O)CC(O)CCCSC. The van der Waals surface area contributed by atoms with E-state index in [2.05, 4.69) is 0 Å². The fraction of sp³-hybridized carbons (Fsp3) is 0.889. The van der Waals surface area contributed by atoms with E-state index in [4.69, 9.17) is 4.74 Å². The Morgan fingerprint density at radius 1 is 1.62 bits per heavy atom. The lowest BCUT2D eigenvalue weighted by Gasteiger charge is -2.08. The maximum absolute atomic E-state index is 10.9. The van der Waals surface area contributed by atoms with Crippen molar-refractivity contribution in [2.75, 3.05) is 18.6 Å². The Balaban J connectivity index is 3.38. The molecule has 1 atom stereocenters. The van der Waals surface area contributed by atoms with Gasteiger partial charge in [0.15, 0.2) is 0 Å². The number of esters is 1. The van der Waals surface area contributed by atoms with Gasteiger partial charge >= 0.3 is 5.97 Å². The van der Waals surface area contributed by atoms with Gasteiger partial charge in [0.1, 0.15) is 0 Å². The summed E-state index contributed by atoms with van der Waals surface area (Å²) in [5.41, 5.74) is 0. The van der Waals surface area contributed by atoms with Gasteiger partial charge < -0.3 is 9.84 Å². The van der Waals surface area contributed by atoms with Crippen LogP contribution in [0, 0.1) is 0 Å². The van der Waals surface area contributed by atoms with Gasteiger partial charge in [-0.15, -0.1) is 0 Å². The molecule has 0 radical (unpaired) electrons. The number of carbonyl (C=O) groups excluding carboxylic acids is 1. The third-order valence-corrected chi connectivity index (χ3v) is 2.29. The van der Waals surface area contributed by atoms with E-state index in [1.807, 2.05) is 6.26 Å². The lowest BCUT2D eigenvalue weighted by molar-refractivity contribution is -0.145. The minimum absolute atomic E-state index is 0.127. The largest absolute Gasteiger partial charge is 0.466 e. The fourth-order valence-corrected chi connectivity index (χ4v) is 1.43. The predicted molar refractivity (Wildman–Crippen MR) is 54.9 cm³/mol. The number of hydrogen-bond acceptors (Lipinski definition) is 4. The predicted octanol–water partition coefficient (Wildman–Crippen LogP) is 1.44. The molecule has 0 aliphatic heterocycles. The number of ether oxygens (including phenoxy) is 1. The zero-order valence-electron chi connectivity index (χ0n) is 8.28. The quantitative estimate of drug-likeness (QED) is 0.506. The van der Waals surface area contributed by atoms with Crippen molar-refractivity contribution >= 4 is 17.7 Å². The second kappa shape index (κ2) is 8.38. The van der Waals surface area contributed by atoms with Gasteiger partial charge in [0.05, 0.1) is 19.1 Å². The normalized spacial score (nSPS) is 12.5. The van der Waals surface area contributed by atoms with E-state index in [1.165, 1.54) is 0 Å². The molecule has 0 heterocycles. The zero-order chi connectivity index (χ0) is 10.1. The van der Waals surface area contributed by atoms with E-state index in [1.54, 1.807) is 18.7 Å². The van der Waals surface area contributed by atoms with Gasteiger partial charge in [-0.1, -0.05) is 0 Å². The third-order valence-electron chi connectivity index (χ3n) is 1.59. The molecule has 0 spiro atoms. The summed E-state index contributed by atoms with van der Waals surface area (Å²) in [5.74, 6) is 0.721. The zero-order valence-corrected chi connectivity index (χ0v) is 9.10. The van der Waals surface area contributed by atoms with Crippen LogP contribution in [0.5, 0.6) is 0 Å². The standard InChI is InChI=1S/C9H18O3S/c1-3-12-9(11)7-8(10)5-4-6-13-2/h8,10H,3-7H2,1-2H3. The molecule has 0 fully saturated rings. The minimum atomic E-state index is -0.536. The number of rotatable bonds is 7. The molecular weight excluding hydrogens is 188 g/mol. The van der Waals surface area contributed by atoms with Crippen molar-refractivity contribution in [2.24, 2.45) is 0 Å². The topological polar surface area (TPSA) is 46.5 Å². The second-order valence-corrected chi connectivity index (χ2v) is 3.78. The molecule has 0 rings (SSSR count). The number of aliphatic hydroxyl groups excluding tert-OH is 1. The van der Waals surface area contributed by atoms with Gasteiger partial charge in [-0.25, -0.2) is 0 Å². The smallest absolute Gasteiger partial charge is 0.308 e. The molecule has 0 saturated carbocycles. The number of aliphatic hydroxyl groups is 1. The molecule has 1 N–H and O–H groups in total. The number of carbonyl (C=O) groups is 1. The monoisotopic (exact) mass is 206 g/mol. The molecule has 0 amide bonds. The lowest BCUT2D eigenvalue weighted by atomic mass is 10.1. The molecule has 0 aromatic rings. The van der Waals surface area contributed by atoms with Gasteiger partial charge in [0, 0.05) is 0 Å². The maximum atomic E-state index is 10.9. The van der Waals surface area contributed by atoms with Crippen molar-refractivity contribution in [1.82, 2.24) is 0 Å². The maximum Gasteiger partial charge on any atom is 0.308 e. The molecule has 0 aromatic heterocycles. The van der Waals surface area contributed by atoms with Crippen molar-refractivity contribution in [3.63, 3.8) is 0 Å². The van der Waals surface area contributed by atoms with Crippen molar-refractivity contribution in [2.45, 2.75) is 32.3 Å². The van der Waals surface area contributed by atoms with Crippen LogP contribution < -0.4 is 0 Å². The molecule has 0 saturated heterocycles. The van der Waals surface area contributed by atoms with Crippen molar-refractivity contribution < 1.29 is 14.6 Å². The molecule has 0 aliphatic rings. The summed E-state index contributed by atoms with van der Waals surface area (Å²) < 4.78 is 4.71. The molecular formula is C9H18O3S. The summed E-state index contributed by atoms with van der Waals surface area (Å²) in [5, 5.41) is 9.36. The first-order valence-electron chi connectivity index (χ1n) is 4.53. The highest BCUT2D eigenvalue weighted by atomic mass is 32.2. The highest BCUT2D eigenvalue weighted by Gasteiger charge is 2.10. The Bertz CT molecular complexity index is 139. The van der Waals surface area contributed by atoms with Crippen LogP contribution in [0.3, 0.4) is 0 Å². The molecule has 13 heavy (non-hydrogen) atoms. The van der Waals surface area contributed by atoms with Gasteiger partial charge in [0.2, 0.25) is 0 Å². The van der Waals surface area contributed by atoms with E-state index in [9.17, 15) is 9.90 Å². The van der Waals surface area contributed by atoms with Crippen LogP contribution in [-0.4, -0.2) is 35.8 Å². The highest BCUT2D eigenvalue weighted by molar-refractivity contribution is 7.98. The van der Waals surface area contributed by atoms with E-state index in [0.29, 0.717) is 13.0 Å². The van der Waals surface area contributed by atoms with E-state index >= 15 is 0 Å². The van der Waals surface area contributed by atoms with Crippen LogP contribution in [0.15, 0.2) is 0 Å². The van der Waals surface area contributed by atoms with Crippen molar-refractivity contribution in [1.29, 1.82) is 0 Å². The summed E-state index contributed by atoms with van der Waals surface area (Å²) in [6, 6.07) is 0. The third kappa shape index (κ3) is 8.12. The highest BCUT2D eigenvalue weighted by Crippen LogP contribution is 2.06. The first-order chi connectivity index (χ1) is 6.20. The molecule has 0 bridgehead atoms.